The minimum atomic E-state index is -0.749. The smallest absolute Gasteiger partial charge is 0.344 e. The van der Waals surface area contributed by atoms with Crippen LogP contribution in [0.15, 0.2) is 48.0 Å². The van der Waals surface area contributed by atoms with Crippen LogP contribution < -0.4 is 15.2 Å². The van der Waals surface area contributed by atoms with Gasteiger partial charge in [0.05, 0.1) is 17.2 Å². The molecule has 1 N–H and O–H groups in total. The van der Waals surface area contributed by atoms with Gasteiger partial charge < -0.3 is 9.47 Å². The zero-order valence-electron chi connectivity index (χ0n) is 16.2. The third-order valence-corrected chi connectivity index (χ3v) is 4.32. The minimum absolute atomic E-state index is 0.0167. The van der Waals surface area contributed by atoms with Crippen molar-refractivity contribution >= 4 is 46.8 Å². The van der Waals surface area contributed by atoms with Gasteiger partial charge >= 0.3 is 11.7 Å². The van der Waals surface area contributed by atoms with Crippen molar-refractivity contribution in [3.05, 3.63) is 68.7 Å². The molecule has 1 heterocycles. The van der Waals surface area contributed by atoms with E-state index in [4.69, 9.17) is 21.1 Å². The van der Waals surface area contributed by atoms with Gasteiger partial charge in [-0.15, -0.1) is 0 Å². The number of hydrogen-bond donors (Lipinski definition) is 1. The summed E-state index contributed by atoms with van der Waals surface area (Å²) < 4.78 is 10.1. The summed E-state index contributed by atoms with van der Waals surface area (Å²) in [5.41, 5.74) is 2.01. The Morgan fingerprint density at radius 1 is 1.26 bits per heavy atom. The predicted octanol–water partition coefficient (Wildman–Crippen LogP) is 2.65. The summed E-state index contributed by atoms with van der Waals surface area (Å²) in [6.07, 6.45) is 1.12. The third-order valence-electron chi connectivity index (χ3n) is 4.10. The van der Waals surface area contributed by atoms with Crippen LogP contribution in [0.1, 0.15) is 12.5 Å². The lowest BCUT2D eigenvalue weighted by molar-refractivity contribution is -0.385. The molecular formula is C20H16ClN3O7. The van der Waals surface area contributed by atoms with E-state index in [9.17, 15) is 24.5 Å². The van der Waals surface area contributed by atoms with Gasteiger partial charge in [-0.1, -0.05) is 29.8 Å². The second-order valence-electron chi connectivity index (χ2n) is 6.17. The largest absolute Gasteiger partial charge is 0.474 e. The lowest BCUT2D eigenvalue weighted by Gasteiger charge is -2.14. The van der Waals surface area contributed by atoms with Crippen LogP contribution >= 0.6 is 11.6 Å². The van der Waals surface area contributed by atoms with Gasteiger partial charge in [-0.3, -0.25) is 25.1 Å². The molecule has 1 fully saturated rings. The molecule has 31 heavy (non-hydrogen) atoms. The first-order valence-electron chi connectivity index (χ1n) is 9.00. The molecule has 0 bridgehead atoms. The fourth-order valence-corrected chi connectivity index (χ4v) is 3.03. The average molecular weight is 446 g/mol. The number of amides is 2. The normalized spacial score (nSPS) is 14.5. The molecule has 1 aliphatic rings. The zero-order chi connectivity index (χ0) is 22.5. The van der Waals surface area contributed by atoms with E-state index in [1.165, 1.54) is 6.07 Å². The molecule has 2 aromatic carbocycles. The number of esters is 1. The number of carbonyl (C=O) groups is 3. The number of nitrogens with one attached hydrogen (secondary N) is 1. The van der Waals surface area contributed by atoms with Crippen LogP contribution in [0, 0.1) is 10.1 Å². The van der Waals surface area contributed by atoms with E-state index >= 15 is 0 Å². The Morgan fingerprint density at radius 2 is 1.97 bits per heavy atom. The molecule has 0 unspecified atom stereocenters. The lowest BCUT2D eigenvalue weighted by atomic mass is 10.1. The van der Waals surface area contributed by atoms with E-state index in [2.05, 4.69) is 5.43 Å². The first kappa shape index (κ1) is 21.8. The number of carbonyl (C=O) groups excluding carboxylic acids is 3. The van der Waals surface area contributed by atoms with Gasteiger partial charge in [0, 0.05) is 16.7 Å². The van der Waals surface area contributed by atoms with Gasteiger partial charge in [0.1, 0.15) is 5.57 Å². The number of nitro benzene ring substituents is 1. The molecule has 0 atom stereocenters. The van der Waals surface area contributed by atoms with Crippen molar-refractivity contribution in [1.82, 2.24) is 5.43 Å². The molecule has 1 saturated heterocycles. The molecule has 0 radical (unpaired) electrons. The summed E-state index contributed by atoms with van der Waals surface area (Å²) in [6, 6.07) is 10.7. The van der Waals surface area contributed by atoms with Crippen molar-refractivity contribution in [2.45, 2.75) is 6.92 Å². The minimum Gasteiger partial charge on any atom is -0.474 e. The van der Waals surface area contributed by atoms with E-state index in [-0.39, 0.29) is 28.5 Å². The van der Waals surface area contributed by atoms with Crippen molar-refractivity contribution in [2.75, 3.05) is 18.2 Å². The molecule has 1 aliphatic heterocycles. The molecule has 10 nitrogen and oxygen atoms in total. The molecule has 2 aromatic rings. The molecule has 0 aromatic heterocycles. The van der Waals surface area contributed by atoms with E-state index in [0.29, 0.717) is 5.69 Å². The second kappa shape index (κ2) is 9.26. The molecule has 11 heteroatoms. The Labute approximate surface area is 181 Å². The van der Waals surface area contributed by atoms with Crippen molar-refractivity contribution in [2.24, 2.45) is 0 Å². The van der Waals surface area contributed by atoms with Crippen LogP contribution in [0.4, 0.5) is 11.4 Å². The molecule has 0 spiro atoms. The maximum Gasteiger partial charge on any atom is 0.344 e. The fourth-order valence-electron chi connectivity index (χ4n) is 2.81. The number of hydrogen-bond acceptors (Lipinski definition) is 7. The van der Waals surface area contributed by atoms with E-state index in [1.807, 2.05) is 0 Å². The number of benzene rings is 2. The first-order valence-corrected chi connectivity index (χ1v) is 9.38. The topological polar surface area (TPSA) is 128 Å². The number of ether oxygens (including phenoxy) is 2. The van der Waals surface area contributed by atoms with Crippen LogP contribution in [-0.2, 0) is 19.1 Å². The maximum atomic E-state index is 12.8. The van der Waals surface area contributed by atoms with Gasteiger partial charge in [0.15, 0.2) is 6.61 Å². The van der Waals surface area contributed by atoms with Crippen LogP contribution in [0.5, 0.6) is 5.75 Å². The second-order valence-corrected chi connectivity index (χ2v) is 6.61. The Morgan fingerprint density at radius 3 is 2.61 bits per heavy atom. The van der Waals surface area contributed by atoms with Crippen molar-refractivity contribution in [3.63, 3.8) is 0 Å². The average Bonchev–Trinajstić information content (AvgIpc) is 3.01. The number of nitrogens with zero attached hydrogens (tertiary/aromatic N) is 2. The molecular weight excluding hydrogens is 430 g/mol. The Hall–Kier alpha value is -3.92. The van der Waals surface area contributed by atoms with Crippen LogP contribution in [0.25, 0.3) is 6.08 Å². The lowest BCUT2D eigenvalue weighted by Crippen LogP contribution is -2.35. The van der Waals surface area contributed by atoms with Gasteiger partial charge in [-0.05, 0) is 31.2 Å². The van der Waals surface area contributed by atoms with E-state index < -0.39 is 35.0 Å². The zero-order valence-corrected chi connectivity index (χ0v) is 16.9. The quantitative estimate of drug-likeness (QED) is 0.228. The molecule has 3 rings (SSSR count). The Bertz CT molecular complexity index is 1090. The summed E-state index contributed by atoms with van der Waals surface area (Å²) in [6.45, 7) is 1.09. The first-order chi connectivity index (χ1) is 14.8. The number of rotatable bonds is 7. The third kappa shape index (κ3) is 4.81. The molecule has 0 aliphatic carbocycles. The molecule has 160 valence electrons. The van der Waals surface area contributed by atoms with Crippen LogP contribution in [0.3, 0.4) is 0 Å². The number of para-hydroxylation sites is 1. The Kier molecular flexibility index (Phi) is 6.51. The van der Waals surface area contributed by atoms with Gasteiger partial charge in [0.2, 0.25) is 5.75 Å². The summed E-state index contributed by atoms with van der Waals surface area (Å²) >= 11 is 5.98. The summed E-state index contributed by atoms with van der Waals surface area (Å²) in [5, 5.41) is 12.5. The highest BCUT2D eigenvalue weighted by Gasteiger charge is 2.35. The highest BCUT2D eigenvalue weighted by molar-refractivity contribution is 6.32. The van der Waals surface area contributed by atoms with E-state index in [0.717, 1.165) is 17.2 Å². The van der Waals surface area contributed by atoms with Crippen LogP contribution in [0.2, 0.25) is 5.02 Å². The monoisotopic (exact) mass is 445 g/mol. The summed E-state index contributed by atoms with van der Waals surface area (Å²) in [4.78, 5) is 47.6. The van der Waals surface area contributed by atoms with Gasteiger partial charge in [-0.25, -0.2) is 9.80 Å². The fraction of sp³-hybridized carbons (Fsp3) is 0.150. The summed E-state index contributed by atoms with van der Waals surface area (Å²) in [5.74, 6) is -2.45. The maximum absolute atomic E-state index is 12.8. The van der Waals surface area contributed by atoms with E-state index in [1.54, 1.807) is 37.3 Å². The van der Waals surface area contributed by atoms with Gasteiger partial charge in [-0.2, -0.15) is 0 Å². The predicted molar refractivity (Wildman–Crippen MR) is 110 cm³/mol. The number of halogens is 1. The van der Waals surface area contributed by atoms with Crippen molar-refractivity contribution in [3.8, 4) is 5.75 Å². The number of nitro groups is 1. The molecule has 0 saturated carbocycles. The van der Waals surface area contributed by atoms with Crippen molar-refractivity contribution in [1.29, 1.82) is 0 Å². The van der Waals surface area contributed by atoms with Crippen molar-refractivity contribution < 1.29 is 28.8 Å². The SMILES string of the molecule is CCOC(=O)COc1c(C=C2C(=O)NN(c3ccccc3)C2=O)cc(Cl)cc1[N+](=O)[O-]. The molecule has 2 amide bonds. The number of hydrazine groups is 1. The standard InChI is InChI=1S/C20H16ClN3O7/c1-2-30-17(25)11-31-18-12(8-13(21)10-16(18)24(28)29)9-15-19(26)22-23(20(15)27)14-6-4-3-5-7-14/h3-10H,2,11H2,1H3,(H,22,26). The Balaban J connectivity index is 2.02. The van der Waals surface area contributed by atoms with Crippen LogP contribution in [-0.4, -0.2) is 35.9 Å². The summed E-state index contributed by atoms with van der Waals surface area (Å²) in [7, 11) is 0. The number of anilines is 1. The highest BCUT2D eigenvalue weighted by Crippen LogP contribution is 2.36. The van der Waals surface area contributed by atoms with Gasteiger partial charge in [0.25, 0.3) is 11.8 Å². The highest BCUT2D eigenvalue weighted by atomic mass is 35.5.